The average molecular weight is 329 g/mol. The Morgan fingerprint density at radius 3 is 2.54 bits per heavy atom. The summed E-state index contributed by atoms with van der Waals surface area (Å²) in [4.78, 5) is 1.45. The first-order valence-electron chi connectivity index (χ1n) is 8.87. The number of nitrogens with one attached hydrogen (secondary N) is 1. The minimum atomic E-state index is 0.130. The summed E-state index contributed by atoms with van der Waals surface area (Å²) in [5, 5.41) is 17.8. The van der Waals surface area contributed by atoms with E-state index in [1.165, 1.54) is 17.7 Å². The zero-order valence-electron chi connectivity index (χ0n) is 15.6. The SMILES string of the molecule is CCCCCCOc1ccccc1C(=N)N(C#N)CCC(C)(C)C. The summed E-state index contributed by atoms with van der Waals surface area (Å²) < 4.78 is 5.87. The van der Waals surface area contributed by atoms with E-state index in [-0.39, 0.29) is 11.3 Å². The number of hydrogen-bond acceptors (Lipinski definition) is 3. The number of benzene rings is 1. The number of amidine groups is 1. The molecule has 1 aromatic carbocycles. The van der Waals surface area contributed by atoms with E-state index >= 15 is 0 Å². The van der Waals surface area contributed by atoms with Gasteiger partial charge in [-0.15, -0.1) is 0 Å². The summed E-state index contributed by atoms with van der Waals surface area (Å²) in [6.07, 6.45) is 7.58. The van der Waals surface area contributed by atoms with Gasteiger partial charge in [0.15, 0.2) is 6.19 Å². The molecule has 0 aliphatic carbocycles. The van der Waals surface area contributed by atoms with Gasteiger partial charge in [0.2, 0.25) is 0 Å². The fourth-order valence-electron chi connectivity index (χ4n) is 2.30. The van der Waals surface area contributed by atoms with Crippen LogP contribution < -0.4 is 4.74 Å². The predicted octanol–water partition coefficient (Wildman–Crippen LogP) is 5.19. The third kappa shape index (κ3) is 7.04. The zero-order chi connectivity index (χ0) is 18.0. The van der Waals surface area contributed by atoms with Crippen molar-refractivity contribution in [2.24, 2.45) is 5.41 Å². The van der Waals surface area contributed by atoms with Gasteiger partial charge in [-0.2, -0.15) is 5.26 Å². The topological polar surface area (TPSA) is 60.1 Å². The fourth-order valence-corrected chi connectivity index (χ4v) is 2.30. The summed E-state index contributed by atoms with van der Waals surface area (Å²) in [5.74, 6) is 0.904. The lowest BCUT2D eigenvalue weighted by atomic mass is 9.92. The highest BCUT2D eigenvalue weighted by Crippen LogP contribution is 2.23. The van der Waals surface area contributed by atoms with Crippen molar-refractivity contribution in [1.29, 1.82) is 10.7 Å². The Morgan fingerprint density at radius 1 is 1.21 bits per heavy atom. The molecule has 1 rings (SSSR count). The predicted molar refractivity (Wildman–Crippen MR) is 99.3 cm³/mol. The van der Waals surface area contributed by atoms with Crippen LogP contribution in [0.5, 0.6) is 5.75 Å². The van der Waals surface area contributed by atoms with Crippen molar-refractivity contribution in [3.8, 4) is 11.9 Å². The van der Waals surface area contributed by atoms with Crippen molar-refractivity contribution in [2.75, 3.05) is 13.2 Å². The monoisotopic (exact) mass is 329 g/mol. The molecule has 0 aromatic heterocycles. The fraction of sp³-hybridized carbons (Fsp3) is 0.600. The number of unbranched alkanes of at least 4 members (excludes halogenated alkanes) is 3. The minimum absolute atomic E-state index is 0.130. The highest BCUT2D eigenvalue weighted by atomic mass is 16.5. The molecule has 0 aliphatic heterocycles. The Labute approximate surface area is 146 Å². The Kier molecular flexibility index (Phi) is 8.32. The summed E-state index contributed by atoms with van der Waals surface area (Å²) in [5.41, 5.74) is 0.813. The van der Waals surface area contributed by atoms with Crippen LogP contribution in [0.1, 0.15) is 65.4 Å². The van der Waals surface area contributed by atoms with Crippen LogP contribution in [-0.4, -0.2) is 23.9 Å². The van der Waals surface area contributed by atoms with Crippen molar-refractivity contribution in [3.05, 3.63) is 29.8 Å². The molecule has 24 heavy (non-hydrogen) atoms. The number of nitriles is 1. The quantitative estimate of drug-likeness (QED) is 0.223. The van der Waals surface area contributed by atoms with Gasteiger partial charge in [0.1, 0.15) is 11.6 Å². The lowest BCUT2D eigenvalue weighted by Crippen LogP contribution is -2.30. The Bertz CT molecular complexity index is 555. The number of ether oxygens (including phenoxy) is 1. The van der Waals surface area contributed by atoms with Gasteiger partial charge in [0.05, 0.1) is 12.2 Å². The molecule has 0 radical (unpaired) electrons. The molecule has 0 aliphatic rings. The Hall–Kier alpha value is -2.02. The molecule has 0 spiro atoms. The second kappa shape index (κ2) is 9.97. The summed E-state index contributed by atoms with van der Waals surface area (Å²) >= 11 is 0. The highest BCUT2D eigenvalue weighted by Gasteiger charge is 2.18. The zero-order valence-corrected chi connectivity index (χ0v) is 15.6. The molecule has 0 fully saturated rings. The summed E-state index contributed by atoms with van der Waals surface area (Å²) in [7, 11) is 0. The number of para-hydroxylation sites is 1. The van der Waals surface area contributed by atoms with Crippen LogP contribution in [0, 0.1) is 22.3 Å². The molecule has 0 unspecified atom stereocenters. The maximum Gasteiger partial charge on any atom is 0.185 e. The van der Waals surface area contributed by atoms with E-state index in [2.05, 4.69) is 33.9 Å². The molecule has 1 aromatic rings. The molecule has 132 valence electrons. The normalized spacial score (nSPS) is 11.0. The second-order valence-electron chi connectivity index (χ2n) is 7.32. The molecule has 0 atom stereocenters. The van der Waals surface area contributed by atoms with Gasteiger partial charge in [0, 0.05) is 6.54 Å². The van der Waals surface area contributed by atoms with Crippen LogP contribution in [0.25, 0.3) is 0 Å². The first-order valence-corrected chi connectivity index (χ1v) is 8.87. The van der Waals surface area contributed by atoms with Crippen molar-refractivity contribution in [1.82, 2.24) is 4.90 Å². The van der Waals surface area contributed by atoms with Gasteiger partial charge < -0.3 is 4.74 Å². The van der Waals surface area contributed by atoms with Gasteiger partial charge in [-0.1, -0.05) is 59.1 Å². The van der Waals surface area contributed by atoms with Gasteiger partial charge in [-0.25, -0.2) is 0 Å². The van der Waals surface area contributed by atoms with E-state index in [1.54, 1.807) is 0 Å². The lowest BCUT2D eigenvalue weighted by molar-refractivity contribution is 0.303. The third-order valence-corrected chi connectivity index (χ3v) is 3.87. The third-order valence-electron chi connectivity index (χ3n) is 3.87. The van der Waals surface area contributed by atoms with Crippen LogP contribution in [0.4, 0.5) is 0 Å². The molecular weight excluding hydrogens is 298 g/mol. The standard InChI is InChI=1S/C20H31N3O/c1-5-6-7-10-15-24-18-12-9-8-11-17(18)19(22)23(16-21)14-13-20(2,3)4/h8-9,11-12,22H,5-7,10,13-15H2,1-4H3. The van der Waals surface area contributed by atoms with Crippen LogP contribution in [0.3, 0.4) is 0 Å². The molecule has 4 heteroatoms. The number of nitrogens with zero attached hydrogens (tertiary/aromatic N) is 2. The molecule has 4 nitrogen and oxygen atoms in total. The van der Waals surface area contributed by atoms with Crippen LogP contribution in [0.2, 0.25) is 0 Å². The number of rotatable bonds is 9. The molecule has 1 N–H and O–H groups in total. The molecule has 0 bridgehead atoms. The van der Waals surface area contributed by atoms with E-state index in [0.717, 1.165) is 19.3 Å². The minimum Gasteiger partial charge on any atom is -0.493 e. The molecule has 0 saturated carbocycles. The Morgan fingerprint density at radius 2 is 1.92 bits per heavy atom. The van der Waals surface area contributed by atoms with E-state index < -0.39 is 0 Å². The smallest absolute Gasteiger partial charge is 0.185 e. The van der Waals surface area contributed by atoms with E-state index in [0.29, 0.717) is 24.5 Å². The van der Waals surface area contributed by atoms with Crippen LogP contribution in [0.15, 0.2) is 24.3 Å². The summed E-state index contributed by atoms with van der Waals surface area (Å²) in [6, 6.07) is 7.52. The van der Waals surface area contributed by atoms with E-state index in [9.17, 15) is 5.26 Å². The number of hydrogen-bond donors (Lipinski definition) is 1. The first kappa shape index (κ1) is 20.0. The van der Waals surface area contributed by atoms with Crippen molar-refractivity contribution in [3.63, 3.8) is 0 Å². The van der Waals surface area contributed by atoms with E-state index in [1.807, 2.05) is 24.3 Å². The van der Waals surface area contributed by atoms with Crippen molar-refractivity contribution >= 4 is 5.84 Å². The van der Waals surface area contributed by atoms with Gasteiger partial charge in [-0.3, -0.25) is 10.3 Å². The first-order chi connectivity index (χ1) is 11.4. The maximum atomic E-state index is 9.41. The van der Waals surface area contributed by atoms with Crippen LogP contribution >= 0.6 is 0 Å². The lowest BCUT2D eigenvalue weighted by Gasteiger charge is -2.23. The molecular formula is C20H31N3O. The molecule has 0 amide bonds. The van der Waals surface area contributed by atoms with Crippen molar-refractivity contribution in [2.45, 2.75) is 59.8 Å². The van der Waals surface area contributed by atoms with Crippen molar-refractivity contribution < 1.29 is 4.74 Å². The van der Waals surface area contributed by atoms with Gasteiger partial charge >= 0.3 is 0 Å². The molecule has 0 saturated heterocycles. The van der Waals surface area contributed by atoms with E-state index in [4.69, 9.17) is 10.1 Å². The largest absolute Gasteiger partial charge is 0.493 e. The van der Waals surface area contributed by atoms with Crippen LogP contribution in [-0.2, 0) is 0 Å². The highest BCUT2D eigenvalue weighted by molar-refractivity contribution is 5.99. The van der Waals surface area contributed by atoms with Gasteiger partial charge in [0.25, 0.3) is 0 Å². The molecule has 0 heterocycles. The average Bonchev–Trinajstić information content (AvgIpc) is 2.54. The Balaban J connectivity index is 2.73. The maximum absolute atomic E-state index is 9.41. The van der Waals surface area contributed by atoms with Gasteiger partial charge in [-0.05, 0) is 30.4 Å². The second-order valence-corrected chi connectivity index (χ2v) is 7.32. The summed E-state index contributed by atoms with van der Waals surface area (Å²) in [6.45, 7) is 9.80.